The van der Waals surface area contributed by atoms with Gasteiger partial charge in [-0.2, -0.15) is 0 Å². The molecule has 0 heterocycles. The van der Waals surface area contributed by atoms with Gasteiger partial charge in [0.15, 0.2) is 0 Å². The first kappa shape index (κ1) is 22.4. The summed E-state index contributed by atoms with van der Waals surface area (Å²) in [6.45, 7) is -0.0623. The second-order valence-corrected chi connectivity index (χ2v) is 6.76. The van der Waals surface area contributed by atoms with E-state index in [1.165, 1.54) is 0 Å². The molecule has 0 aliphatic heterocycles. The fourth-order valence-electron chi connectivity index (χ4n) is 2.70. The minimum Gasteiger partial charge on any atom is -0.457 e. The zero-order valence-corrected chi connectivity index (χ0v) is 16.9. The molecule has 3 aromatic carbocycles. The average Bonchev–Trinajstić information content (AvgIpc) is 2.76. The molecule has 166 valence electrons. The third-order valence-corrected chi connectivity index (χ3v) is 4.30. The van der Waals surface area contributed by atoms with Gasteiger partial charge in [0.1, 0.15) is 23.0 Å². The molecule has 0 radical (unpaired) electrons. The molecule has 0 saturated carbocycles. The highest BCUT2D eigenvalue weighted by molar-refractivity contribution is 5.70. The van der Waals surface area contributed by atoms with Crippen molar-refractivity contribution in [3.05, 3.63) is 83.9 Å². The number of nitrogens with zero attached hydrogens (tertiary/aromatic N) is 2. The van der Waals surface area contributed by atoms with Gasteiger partial charge in [-0.05, 0) is 47.5 Å². The Balaban J connectivity index is 1.61. The number of hydroxylamine groups is 4. The van der Waals surface area contributed by atoms with Gasteiger partial charge in [0, 0.05) is 6.07 Å². The number of benzene rings is 3. The van der Waals surface area contributed by atoms with Crippen molar-refractivity contribution >= 4 is 12.1 Å². The summed E-state index contributed by atoms with van der Waals surface area (Å²) >= 11 is 0. The van der Waals surface area contributed by atoms with Crippen LogP contribution >= 0.6 is 0 Å². The van der Waals surface area contributed by atoms with E-state index in [4.69, 9.17) is 20.9 Å². The Hall–Kier alpha value is -4.28. The molecule has 32 heavy (non-hydrogen) atoms. The largest absolute Gasteiger partial charge is 0.457 e. The number of nitrogens with two attached hydrogens (primary N) is 2. The maximum atomic E-state index is 10.9. The van der Waals surface area contributed by atoms with E-state index >= 15 is 0 Å². The third kappa shape index (κ3) is 6.36. The Bertz CT molecular complexity index is 990. The second kappa shape index (κ2) is 10.2. The molecule has 0 aliphatic rings. The van der Waals surface area contributed by atoms with Crippen molar-refractivity contribution in [2.75, 3.05) is 0 Å². The molecule has 0 unspecified atom stereocenters. The SMILES string of the molecule is NC(=O)N(O)Cc1ccc(Oc2cccc(Oc3ccc(CN(O)C(N)=O)cc3)c2)cc1. The molecule has 0 fully saturated rings. The van der Waals surface area contributed by atoms with Gasteiger partial charge in [0.2, 0.25) is 0 Å². The van der Waals surface area contributed by atoms with Crippen LogP contribution in [-0.4, -0.2) is 32.6 Å². The minimum absolute atomic E-state index is 0.0312. The van der Waals surface area contributed by atoms with Crippen LogP contribution in [0.1, 0.15) is 11.1 Å². The number of hydrogen-bond donors (Lipinski definition) is 4. The van der Waals surface area contributed by atoms with Gasteiger partial charge in [0.05, 0.1) is 13.1 Å². The quantitative estimate of drug-likeness (QED) is 0.310. The topological polar surface area (TPSA) is 152 Å². The third-order valence-electron chi connectivity index (χ3n) is 4.30. The van der Waals surface area contributed by atoms with E-state index in [9.17, 15) is 20.0 Å². The number of hydrogen-bond acceptors (Lipinski definition) is 6. The van der Waals surface area contributed by atoms with Crippen LogP contribution in [-0.2, 0) is 13.1 Å². The van der Waals surface area contributed by atoms with Gasteiger partial charge in [-0.3, -0.25) is 10.4 Å². The fraction of sp³-hybridized carbons (Fsp3) is 0.0909. The second-order valence-electron chi connectivity index (χ2n) is 6.76. The number of primary amides is 2. The van der Waals surface area contributed by atoms with Crippen LogP contribution in [0.5, 0.6) is 23.0 Å². The molecule has 10 nitrogen and oxygen atoms in total. The van der Waals surface area contributed by atoms with Crippen molar-refractivity contribution in [1.82, 2.24) is 10.1 Å². The summed E-state index contributed by atoms with van der Waals surface area (Å²) in [7, 11) is 0. The fourth-order valence-corrected chi connectivity index (χ4v) is 2.70. The summed E-state index contributed by atoms with van der Waals surface area (Å²) in [5.74, 6) is 2.21. The Kier molecular flexibility index (Phi) is 7.11. The summed E-state index contributed by atoms with van der Waals surface area (Å²) in [6.07, 6.45) is 0. The highest BCUT2D eigenvalue weighted by atomic mass is 16.5. The number of amides is 4. The van der Waals surface area contributed by atoms with Crippen molar-refractivity contribution < 1.29 is 29.5 Å². The van der Waals surface area contributed by atoms with E-state index in [0.717, 1.165) is 0 Å². The first-order valence-corrected chi connectivity index (χ1v) is 9.45. The summed E-state index contributed by atoms with van der Waals surface area (Å²) < 4.78 is 11.6. The van der Waals surface area contributed by atoms with Gasteiger partial charge in [-0.25, -0.2) is 19.7 Å². The zero-order valence-electron chi connectivity index (χ0n) is 16.9. The maximum Gasteiger partial charge on any atom is 0.338 e. The van der Waals surface area contributed by atoms with Crippen molar-refractivity contribution in [3.8, 4) is 23.0 Å². The molecule has 0 aromatic heterocycles. The average molecular weight is 438 g/mol. The predicted molar refractivity (Wildman–Crippen MR) is 113 cm³/mol. The Labute approximate surface area is 183 Å². The molecule has 0 atom stereocenters. The Morgan fingerprint density at radius 1 is 0.656 bits per heavy atom. The zero-order chi connectivity index (χ0) is 23.1. The van der Waals surface area contributed by atoms with Crippen LogP contribution in [0.2, 0.25) is 0 Å². The van der Waals surface area contributed by atoms with E-state index in [2.05, 4.69) is 0 Å². The van der Waals surface area contributed by atoms with Crippen LogP contribution in [0.25, 0.3) is 0 Å². The Morgan fingerprint density at radius 2 is 1.03 bits per heavy atom. The first-order valence-electron chi connectivity index (χ1n) is 9.45. The van der Waals surface area contributed by atoms with Gasteiger partial charge in [-0.15, -0.1) is 0 Å². The summed E-state index contributed by atoms with van der Waals surface area (Å²) in [5.41, 5.74) is 11.3. The molecule has 0 aliphatic carbocycles. The highest BCUT2D eigenvalue weighted by Gasteiger charge is 2.08. The number of urea groups is 2. The number of rotatable bonds is 8. The summed E-state index contributed by atoms with van der Waals surface area (Å²) in [5, 5.41) is 19.6. The molecule has 6 N–H and O–H groups in total. The molecule has 0 saturated heterocycles. The maximum absolute atomic E-state index is 10.9. The van der Waals surface area contributed by atoms with E-state index < -0.39 is 12.1 Å². The molecule has 3 rings (SSSR count). The minimum atomic E-state index is -0.933. The molecule has 3 aromatic rings. The van der Waals surface area contributed by atoms with Crippen LogP contribution in [0, 0.1) is 0 Å². The molecule has 0 bridgehead atoms. The van der Waals surface area contributed by atoms with Crippen molar-refractivity contribution in [2.45, 2.75) is 13.1 Å². The van der Waals surface area contributed by atoms with E-state index in [1.807, 2.05) is 0 Å². The summed E-state index contributed by atoms with van der Waals surface area (Å²) in [4.78, 5) is 21.8. The van der Waals surface area contributed by atoms with E-state index in [0.29, 0.717) is 44.3 Å². The van der Waals surface area contributed by atoms with Crippen LogP contribution in [0.4, 0.5) is 9.59 Å². The van der Waals surface area contributed by atoms with Crippen molar-refractivity contribution in [2.24, 2.45) is 11.5 Å². The smallest absolute Gasteiger partial charge is 0.338 e. The predicted octanol–water partition coefficient (Wildman–Crippen LogP) is 3.81. The summed E-state index contributed by atoms with van der Waals surface area (Å²) in [6, 6.07) is 18.8. The monoisotopic (exact) mass is 438 g/mol. The van der Waals surface area contributed by atoms with Crippen molar-refractivity contribution in [1.29, 1.82) is 0 Å². The molecule has 0 spiro atoms. The normalized spacial score (nSPS) is 10.3. The molecule has 10 heteroatoms. The number of carbonyl (C=O) groups is 2. The molecular formula is C22H22N4O6. The van der Waals surface area contributed by atoms with Gasteiger partial charge in [0.25, 0.3) is 0 Å². The van der Waals surface area contributed by atoms with Crippen LogP contribution in [0.3, 0.4) is 0 Å². The lowest BCUT2D eigenvalue weighted by Gasteiger charge is -2.13. The molecule has 4 amide bonds. The number of carbonyl (C=O) groups excluding carboxylic acids is 2. The van der Waals surface area contributed by atoms with Gasteiger partial charge in [-0.1, -0.05) is 30.3 Å². The van der Waals surface area contributed by atoms with E-state index in [-0.39, 0.29) is 13.1 Å². The van der Waals surface area contributed by atoms with Gasteiger partial charge < -0.3 is 20.9 Å². The first-order chi connectivity index (χ1) is 15.3. The Morgan fingerprint density at radius 3 is 1.38 bits per heavy atom. The van der Waals surface area contributed by atoms with Crippen molar-refractivity contribution in [3.63, 3.8) is 0 Å². The van der Waals surface area contributed by atoms with Crippen LogP contribution in [0.15, 0.2) is 72.8 Å². The molecular weight excluding hydrogens is 416 g/mol. The standard InChI is InChI=1S/C22H22N4O6/c23-21(27)25(29)13-15-4-8-17(9-5-15)31-19-2-1-3-20(12-19)32-18-10-6-16(7-11-18)14-26(30)22(24)28/h1-12,29-30H,13-14H2,(H2,23,27)(H2,24,28). The lowest BCUT2D eigenvalue weighted by atomic mass is 10.2. The lowest BCUT2D eigenvalue weighted by Crippen LogP contribution is -2.31. The van der Waals surface area contributed by atoms with Gasteiger partial charge >= 0.3 is 12.1 Å². The highest BCUT2D eigenvalue weighted by Crippen LogP contribution is 2.28. The number of ether oxygens (including phenoxy) is 2. The lowest BCUT2D eigenvalue weighted by molar-refractivity contribution is -0.0470. The van der Waals surface area contributed by atoms with Crippen LogP contribution < -0.4 is 20.9 Å². The van der Waals surface area contributed by atoms with E-state index in [1.54, 1.807) is 72.8 Å².